The molecule has 0 aromatic carbocycles. The topological polar surface area (TPSA) is 110 Å². The van der Waals surface area contributed by atoms with Gasteiger partial charge >= 0.3 is 11.9 Å². The van der Waals surface area contributed by atoms with Gasteiger partial charge in [-0.15, -0.1) is 11.8 Å². The van der Waals surface area contributed by atoms with Crippen LogP contribution in [0, 0.1) is 0 Å². The summed E-state index contributed by atoms with van der Waals surface area (Å²) in [5.74, 6) is -1.50. The third-order valence-corrected chi connectivity index (χ3v) is 4.81. The second-order valence-electron chi connectivity index (χ2n) is 4.73. The summed E-state index contributed by atoms with van der Waals surface area (Å²) < 4.78 is 5.01. The molecule has 3 aliphatic heterocycles. The number of cyclic esters (lactones) is 1. The normalized spacial score (nSPS) is 32.0. The van der Waals surface area contributed by atoms with Gasteiger partial charge < -0.3 is 15.6 Å². The van der Waals surface area contributed by atoms with Gasteiger partial charge in [-0.1, -0.05) is 0 Å². The zero-order chi connectivity index (χ0) is 14.4. The number of esters is 1. The zero-order valence-corrected chi connectivity index (χ0v) is 11.1. The summed E-state index contributed by atoms with van der Waals surface area (Å²) >= 11 is 1.43. The SMILES string of the molecule is NC1C(=O)N2C(C(=O)O)=C(CC3C=CC(=O)O3)CS[C@@H]12. The molecule has 20 heavy (non-hydrogen) atoms. The zero-order valence-electron chi connectivity index (χ0n) is 10.3. The molecule has 106 valence electrons. The molecule has 3 atom stereocenters. The van der Waals surface area contributed by atoms with Crippen LogP contribution in [-0.2, 0) is 19.1 Å². The van der Waals surface area contributed by atoms with Crippen molar-refractivity contribution >= 4 is 29.6 Å². The molecule has 1 amide bonds. The summed E-state index contributed by atoms with van der Waals surface area (Å²) in [4.78, 5) is 35.4. The third-order valence-electron chi connectivity index (χ3n) is 3.45. The van der Waals surface area contributed by atoms with Crippen LogP contribution < -0.4 is 5.73 Å². The number of amides is 1. The number of carboxylic acids is 1. The molecule has 8 heteroatoms. The van der Waals surface area contributed by atoms with Crippen molar-refractivity contribution in [1.29, 1.82) is 0 Å². The maximum atomic E-state index is 11.7. The van der Waals surface area contributed by atoms with Crippen LogP contribution >= 0.6 is 11.8 Å². The molecule has 3 rings (SSSR count). The number of thioether (sulfide) groups is 1. The van der Waals surface area contributed by atoms with Gasteiger partial charge in [-0.25, -0.2) is 9.59 Å². The van der Waals surface area contributed by atoms with Gasteiger partial charge in [-0.3, -0.25) is 9.69 Å². The summed E-state index contributed by atoms with van der Waals surface area (Å²) in [5, 5.41) is 9.03. The highest BCUT2D eigenvalue weighted by molar-refractivity contribution is 8.00. The number of nitrogens with zero attached hydrogens (tertiary/aromatic N) is 1. The van der Waals surface area contributed by atoms with Gasteiger partial charge in [0.25, 0.3) is 0 Å². The van der Waals surface area contributed by atoms with Gasteiger partial charge in [-0.05, 0) is 11.6 Å². The number of ether oxygens (including phenoxy) is 1. The van der Waals surface area contributed by atoms with E-state index in [9.17, 15) is 19.5 Å². The predicted molar refractivity (Wildman–Crippen MR) is 69.4 cm³/mol. The largest absolute Gasteiger partial charge is 0.477 e. The van der Waals surface area contributed by atoms with Crippen molar-refractivity contribution in [2.24, 2.45) is 5.73 Å². The van der Waals surface area contributed by atoms with Gasteiger partial charge in [0, 0.05) is 18.2 Å². The Kier molecular flexibility index (Phi) is 3.06. The number of carboxylic acid groups (broad SMARTS) is 1. The maximum Gasteiger partial charge on any atom is 0.352 e. The average molecular weight is 296 g/mol. The summed E-state index contributed by atoms with van der Waals surface area (Å²) in [5.41, 5.74) is 6.23. The quantitative estimate of drug-likeness (QED) is 0.530. The van der Waals surface area contributed by atoms with E-state index in [4.69, 9.17) is 10.5 Å². The molecule has 0 saturated carbocycles. The van der Waals surface area contributed by atoms with Crippen molar-refractivity contribution in [3.8, 4) is 0 Å². The van der Waals surface area contributed by atoms with E-state index >= 15 is 0 Å². The first-order valence-electron chi connectivity index (χ1n) is 6.03. The first-order valence-corrected chi connectivity index (χ1v) is 7.08. The van der Waals surface area contributed by atoms with Gasteiger partial charge in [0.15, 0.2) is 0 Å². The van der Waals surface area contributed by atoms with E-state index in [1.807, 2.05) is 0 Å². The minimum Gasteiger partial charge on any atom is -0.477 e. The van der Waals surface area contributed by atoms with Gasteiger partial charge in [0.05, 0.1) is 0 Å². The molecule has 1 fully saturated rings. The van der Waals surface area contributed by atoms with Gasteiger partial charge in [0.1, 0.15) is 23.2 Å². The molecule has 1 saturated heterocycles. The Morgan fingerprint density at radius 1 is 1.55 bits per heavy atom. The lowest BCUT2D eigenvalue weighted by Gasteiger charge is -2.48. The molecular formula is C12H12N2O5S. The van der Waals surface area contributed by atoms with Crippen LogP contribution in [0.15, 0.2) is 23.4 Å². The van der Waals surface area contributed by atoms with Crippen molar-refractivity contribution in [3.63, 3.8) is 0 Å². The van der Waals surface area contributed by atoms with Crippen LogP contribution in [0.25, 0.3) is 0 Å². The highest BCUT2D eigenvalue weighted by Crippen LogP contribution is 2.40. The summed E-state index contributed by atoms with van der Waals surface area (Å²) in [6.45, 7) is 0. The van der Waals surface area contributed by atoms with Gasteiger partial charge in [-0.2, -0.15) is 0 Å². The lowest BCUT2D eigenvalue weighted by Crippen LogP contribution is -2.68. The van der Waals surface area contributed by atoms with Gasteiger partial charge in [0.2, 0.25) is 5.91 Å². The average Bonchev–Trinajstić information content (AvgIpc) is 2.82. The first kappa shape index (κ1) is 13.2. The fraction of sp³-hybridized carbons (Fsp3) is 0.417. The van der Waals surface area contributed by atoms with Crippen molar-refractivity contribution in [1.82, 2.24) is 4.90 Å². The standard InChI is InChI=1S/C12H12N2O5S/c13-8-10(16)14-9(12(17)18)5(4-20-11(8)14)3-6-1-2-7(15)19-6/h1-2,6,8,11H,3-4,13H2,(H,17,18)/t6?,8?,11-/m0/s1. The highest BCUT2D eigenvalue weighted by atomic mass is 32.2. The van der Waals surface area contributed by atoms with Crippen LogP contribution in [0.5, 0.6) is 0 Å². The molecule has 0 bridgehead atoms. The third kappa shape index (κ3) is 1.92. The Balaban J connectivity index is 1.86. The second-order valence-corrected chi connectivity index (χ2v) is 5.84. The Morgan fingerprint density at radius 3 is 2.90 bits per heavy atom. The molecule has 3 N–H and O–H groups in total. The maximum absolute atomic E-state index is 11.7. The minimum atomic E-state index is -1.15. The fourth-order valence-electron chi connectivity index (χ4n) is 2.50. The number of aliphatic carboxylic acids is 1. The van der Waals surface area contributed by atoms with E-state index in [1.54, 1.807) is 6.08 Å². The molecule has 2 unspecified atom stereocenters. The second kappa shape index (κ2) is 4.64. The van der Waals surface area contributed by atoms with E-state index in [-0.39, 0.29) is 23.4 Å². The number of nitrogens with two attached hydrogens (primary N) is 1. The Morgan fingerprint density at radius 2 is 2.30 bits per heavy atom. The number of carbonyl (C=O) groups excluding carboxylic acids is 2. The van der Waals surface area contributed by atoms with Crippen LogP contribution in [0.1, 0.15) is 6.42 Å². The predicted octanol–water partition coefficient (Wildman–Crippen LogP) is -0.561. The molecule has 3 aliphatic rings. The molecule has 3 heterocycles. The molecule has 0 aliphatic carbocycles. The molecule has 7 nitrogen and oxygen atoms in total. The van der Waals surface area contributed by atoms with E-state index in [1.165, 1.54) is 22.7 Å². The smallest absolute Gasteiger partial charge is 0.352 e. The van der Waals surface area contributed by atoms with Crippen molar-refractivity contribution < 1.29 is 24.2 Å². The number of hydrogen-bond acceptors (Lipinski definition) is 6. The van der Waals surface area contributed by atoms with Crippen LogP contribution in [0.2, 0.25) is 0 Å². The number of rotatable bonds is 3. The fourth-order valence-corrected chi connectivity index (χ4v) is 3.81. The molecule has 0 spiro atoms. The van der Waals surface area contributed by atoms with E-state index < -0.39 is 24.1 Å². The Bertz CT molecular complexity index is 570. The number of β-lactam (4-membered cyclic amide) rings is 1. The molecule has 0 aromatic heterocycles. The van der Waals surface area contributed by atoms with E-state index in [2.05, 4.69) is 0 Å². The lowest BCUT2D eigenvalue weighted by atomic mass is 10.0. The number of fused-ring (bicyclic) bond motifs is 1. The first-order chi connectivity index (χ1) is 9.49. The van der Waals surface area contributed by atoms with Crippen LogP contribution in [-0.4, -0.2) is 51.1 Å². The monoisotopic (exact) mass is 296 g/mol. The van der Waals surface area contributed by atoms with Crippen LogP contribution in [0.3, 0.4) is 0 Å². The molecular weight excluding hydrogens is 284 g/mol. The van der Waals surface area contributed by atoms with Crippen molar-refractivity contribution in [3.05, 3.63) is 23.4 Å². The summed E-state index contributed by atoms with van der Waals surface area (Å²) in [7, 11) is 0. The van der Waals surface area contributed by atoms with E-state index in [0.717, 1.165) is 0 Å². The lowest BCUT2D eigenvalue weighted by molar-refractivity contribution is -0.148. The Labute approximate surface area is 118 Å². The molecule has 0 aromatic rings. The van der Waals surface area contributed by atoms with E-state index in [0.29, 0.717) is 11.3 Å². The van der Waals surface area contributed by atoms with Crippen LogP contribution in [0.4, 0.5) is 0 Å². The van der Waals surface area contributed by atoms with Crippen molar-refractivity contribution in [2.75, 3.05) is 5.75 Å². The molecule has 0 radical (unpaired) electrons. The van der Waals surface area contributed by atoms with Crippen molar-refractivity contribution in [2.45, 2.75) is 23.9 Å². The highest BCUT2D eigenvalue weighted by Gasteiger charge is 2.51. The Hall–Kier alpha value is -1.80. The number of carbonyl (C=O) groups is 3. The number of hydrogen-bond donors (Lipinski definition) is 2. The minimum absolute atomic E-state index is 0.0169. The summed E-state index contributed by atoms with van der Waals surface area (Å²) in [6, 6.07) is -0.639. The summed E-state index contributed by atoms with van der Waals surface area (Å²) in [6.07, 6.45) is 2.72.